The Morgan fingerprint density at radius 1 is 1.00 bits per heavy atom. The minimum absolute atomic E-state index is 0.0579. The molecule has 0 spiro atoms. The van der Waals surface area contributed by atoms with E-state index in [0.29, 0.717) is 13.2 Å². The van der Waals surface area contributed by atoms with Crippen LogP contribution in [0.3, 0.4) is 0 Å². The van der Waals surface area contributed by atoms with Crippen LogP contribution in [-0.2, 0) is 23.8 Å². The van der Waals surface area contributed by atoms with Crippen molar-refractivity contribution in [3.8, 4) is 0 Å². The fourth-order valence-electron chi connectivity index (χ4n) is 2.63. The van der Waals surface area contributed by atoms with Crippen LogP contribution in [0.2, 0.25) is 0 Å². The van der Waals surface area contributed by atoms with Crippen LogP contribution in [0.5, 0.6) is 0 Å². The van der Waals surface area contributed by atoms with E-state index in [1.165, 1.54) is 0 Å². The lowest BCUT2D eigenvalue weighted by molar-refractivity contribution is -0.232. The van der Waals surface area contributed by atoms with Gasteiger partial charge in [0.1, 0.15) is 12.2 Å². The maximum atomic E-state index is 5.95. The fourth-order valence-corrected chi connectivity index (χ4v) is 2.63. The number of nitrogens with zero attached hydrogens (tertiary/aromatic N) is 1. The van der Waals surface area contributed by atoms with Gasteiger partial charge in [0.25, 0.3) is 0 Å². The summed E-state index contributed by atoms with van der Waals surface area (Å²) in [5.74, 6) is 0. The molecule has 0 aromatic heterocycles. The van der Waals surface area contributed by atoms with E-state index >= 15 is 0 Å². The maximum Gasteiger partial charge on any atom is 0.105 e. The Kier molecular flexibility index (Phi) is 7.65. The molecule has 1 rings (SSSR count). The molecule has 1 fully saturated rings. The number of rotatable bonds is 9. The standard InChI is InChI=1S/C14H27NO5/c1-7-10(2)20-15-11(8-16-3)13(18-5)14(19-6)12(15)9-17-4/h7,10-14H,1,8-9H2,2-6H3/t10?,11-,12-,13+,14+/m0/s1. The first kappa shape index (κ1) is 17.6. The molecular formula is C14H27NO5. The summed E-state index contributed by atoms with van der Waals surface area (Å²) in [5.41, 5.74) is 0. The van der Waals surface area contributed by atoms with Gasteiger partial charge in [-0.3, -0.25) is 4.84 Å². The highest BCUT2D eigenvalue weighted by atomic mass is 16.7. The molecule has 1 aliphatic rings. The highest BCUT2D eigenvalue weighted by Crippen LogP contribution is 2.30. The van der Waals surface area contributed by atoms with Crippen molar-refractivity contribution in [2.45, 2.75) is 37.3 Å². The van der Waals surface area contributed by atoms with Gasteiger partial charge in [-0.2, -0.15) is 5.06 Å². The van der Waals surface area contributed by atoms with Crippen LogP contribution in [-0.4, -0.2) is 77.1 Å². The van der Waals surface area contributed by atoms with Gasteiger partial charge in [0, 0.05) is 28.4 Å². The second-order valence-electron chi connectivity index (χ2n) is 4.85. The Labute approximate surface area is 121 Å². The number of hydrogen-bond donors (Lipinski definition) is 0. The van der Waals surface area contributed by atoms with Crippen molar-refractivity contribution in [1.29, 1.82) is 0 Å². The molecular weight excluding hydrogens is 262 g/mol. The number of ether oxygens (including phenoxy) is 4. The van der Waals surface area contributed by atoms with Crippen LogP contribution in [0.25, 0.3) is 0 Å². The molecule has 0 bridgehead atoms. The lowest BCUT2D eigenvalue weighted by Crippen LogP contribution is -2.45. The summed E-state index contributed by atoms with van der Waals surface area (Å²) in [5, 5.41) is 1.88. The van der Waals surface area contributed by atoms with Crippen molar-refractivity contribution >= 4 is 0 Å². The van der Waals surface area contributed by atoms with Crippen LogP contribution in [0, 0.1) is 0 Å². The van der Waals surface area contributed by atoms with E-state index in [1.807, 2.05) is 12.0 Å². The monoisotopic (exact) mass is 289 g/mol. The molecule has 0 radical (unpaired) electrons. The Morgan fingerprint density at radius 3 is 1.75 bits per heavy atom. The highest BCUT2D eigenvalue weighted by molar-refractivity contribution is 5.00. The van der Waals surface area contributed by atoms with Crippen molar-refractivity contribution in [2.24, 2.45) is 0 Å². The maximum absolute atomic E-state index is 5.95. The second kappa shape index (κ2) is 8.71. The smallest absolute Gasteiger partial charge is 0.105 e. The predicted octanol–water partition coefficient (Wildman–Crippen LogP) is 0.868. The van der Waals surface area contributed by atoms with Crippen LogP contribution >= 0.6 is 0 Å². The Balaban J connectivity index is 2.98. The van der Waals surface area contributed by atoms with Crippen molar-refractivity contribution in [1.82, 2.24) is 5.06 Å². The van der Waals surface area contributed by atoms with Crippen molar-refractivity contribution in [3.05, 3.63) is 12.7 Å². The first-order valence-corrected chi connectivity index (χ1v) is 6.75. The molecule has 1 aliphatic heterocycles. The first-order valence-electron chi connectivity index (χ1n) is 6.75. The van der Waals surface area contributed by atoms with Crippen LogP contribution < -0.4 is 0 Å². The average molecular weight is 289 g/mol. The van der Waals surface area contributed by atoms with Gasteiger partial charge in [-0.15, -0.1) is 6.58 Å². The van der Waals surface area contributed by atoms with E-state index in [0.717, 1.165) is 0 Å². The third kappa shape index (κ3) is 3.78. The summed E-state index contributed by atoms with van der Waals surface area (Å²) >= 11 is 0. The van der Waals surface area contributed by atoms with Gasteiger partial charge >= 0.3 is 0 Å². The number of methoxy groups -OCH3 is 4. The molecule has 0 N–H and O–H groups in total. The van der Waals surface area contributed by atoms with Crippen LogP contribution in [0.1, 0.15) is 6.92 Å². The molecule has 0 saturated carbocycles. The van der Waals surface area contributed by atoms with E-state index in [2.05, 4.69) is 6.58 Å². The summed E-state index contributed by atoms with van der Waals surface area (Å²) in [6.07, 6.45) is 1.35. The molecule has 1 heterocycles. The quantitative estimate of drug-likeness (QED) is 0.587. The highest BCUT2D eigenvalue weighted by Gasteiger charge is 2.51. The van der Waals surface area contributed by atoms with Gasteiger partial charge < -0.3 is 18.9 Å². The minimum atomic E-state index is -0.142. The zero-order valence-electron chi connectivity index (χ0n) is 13.1. The van der Waals surface area contributed by atoms with Gasteiger partial charge in [0.2, 0.25) is 0 Å². The van der Waals surface area contributed by atoms with Gasteiger partial charge in [-0.25, -0.2) is 0 Å². The molecule has 0 aliphatic carbocycles. The molecule has 0 amide bonds. The van der Waals surface area contributed by atoms with Crippen LogP contribution in [0.4, 0.5) is 0 Å². The lowest BCUT2D eigenvalue weighted by Gasteiger charge is -2.31. The zero-order chi connectivity index (χ0) is 15.1. The number of hydrogen-bond acceptors (Lipinski definition) is 6. The molecule has 1 unspecified atom stereocenters. The summed E-state index contributed by atoms with van der Waals surface area (Å²) in [6.45, 7) is 6.66. The van der Waals surface area contributed by atoms with E-state index < -0.39 is 0 Å². The van der Waals surface area contributed by atoms with E-state index in [4.69, 9.17) is 23.8 Å². The largest absolute Gasteiger partial charge is 0.383 e. The fraction of sp³-hybridized carbons (Fsp3) is 0.857. The third-order valence-corrected chi connectivity index (χ3v) is 3.58. The van der Waals surface area contributed by atoms with Gasteiger partial charge in [-0.1, -0.05) is 6.08 Å². The van der Waals surface area contributed by atoms with Crippen molar-refractivity contribution in [3.63, 3.8) is 0 Å². The summed E-state index contributed by atoms with van der Waals surface area (Å²) < 4.78 is 21.8. The molecule has 1 saturated heterocycles. The minimum Gasteiger partial charge on any atom is -0.383 e. The summed E-state index contributed by atoms with van der Waals surface area (Å²) in [4.78, 5) is 5.95. The number of hydroxylamine groups is 2. The summed E-state index contributed by atoms with van der Waals surface area (Å²) in [6, 6.07) is -0.116. The van der Waals surface area contributed by atoms with E-state index in [-0.39, 0.29) is 30.4 Å². The first-order chi connectivity index (χ1) is 9.64. The molecule has 6 heteroatoms. The zero-order valence-corrected chi connectivity index (χ0v) is 13.1. The van der Waals surface area contributed by atoms with Crippen molar-refractivity contribution < 1.29 is 23.8 Å². The topological polar surface area (TPSA) is 49.4 Å². The Hall–Kier alpha value is -0.500. The molecule has 0 aromatic rings. The van der Waals surface area contributed by atoms with Crippen LogP contribution in [0.15, 0.2) is 12.7 Å². The SMILES string of the molecule is C=CC(C)ON1[C@@H](COC)[C@@H](OC)[C@H](OC)[C@@H]1COC. The molecule has 0 aromatic carbocycles. The molecule has 5 atom stereocenters. The Morgan fingerprint density at radius 2 is 1.45 bits per heavy atom. The third-order valence-electron chi connectivity index (χ3n) is 3.58. The average Bonchev–Trinajstić information content (AvgIpc) is 2.73. The van der Waals surface area contributed by atoms with E-state index in [1.54, 1.807) is 34.5 Å². The van der Waals surface area contributed by atoms with Gasteiger partial charge in [0.05, 0.1) is 31.4 Å². The molecule has 118 valence electrons. The molecule has 20 heavy (non-hydrogen) atoms. The predicted molar refractivity (Wildman–Crippen MR) is 75.5 cm³/mol. The summed E-state index contributed by atoms with van der Waals surface area (Å²) in [7, 11) is 6.66. The van der Waals surface area contributed by atoms with Crippen molar-refractivity contribution in [2.75, 3.05) is 41.7 Å². The normalized spacial score (nSPS) is 32.5. The van der Waals surface area contributed by atoms with E-state index in [9.17, 15) is 0 Å². The Bertz CT molecular complexity index is 269. The lowest BCUT2D eigenvalue weighted by atomic mass is 10.1. The molecule has 6 nitrogen and oxygen atoms in total. The van der Waals surface area contributed by atoms with Gasteiger partial charge in [0.15, 0.2) is 0 Å². The second-order valence-corrected chi connectivity index (χ2v) is 4.85. The van der Waals surface area contributed by atoms with Gasteiger partial charge in [-0.05, 0) is 6.92 Å².